The van der Waals surface area contributed by atoms with E-state index in [1.807, 2.05) is 6.92 Å². The molecule has 0 unspecified atom stereocenters. The molecule has 1 saturated heterocycles. The number of nitrogens with zero attached hydrogens (tertiary/aromatic N) is 1. The Labute approximate surface area is 108 Å². The molecule has 1 aromatic heterocycles. The van der Waals surface area contributed by atoms with Crippen molar-refractivity contribution in [3.63, 3.8) is 0 Å². The van der Waals surface area contributed by atoms with Gasteiger partial charge in [0.25, 0.3) is 0 Å². The maximum absolute atomic E-state index is 12.4. The summed E-state index contributed by atoms with van der Waals surface area (Å²) < 4.78 is 0. The minimum Gasteiger partial charge on any atom is -0.351 e. The molecule has 0 aromatic carbocycles. The monoisotopic (exact) mass is 250 g/mol. The summed E-state index contributed by atoms with van der Waals surface area (Å²) in [6, 6.07) is 0. The van der Waals surface area contributed by atoms with Gasteiger partial charge in [0, 0.05) is 17.8 Å². The minimum absolute atomic E-state index is 0.178. The number of amides is 1. The number of aromatic nitrogens is 2. The molecule has 1 aliphatic heterocycles. The SMILES string of the molecule is CCC1(C(=O)NCc2cn[nH]c2C)CCNCC1. The summed E-state index contributed by atoms with van der Waals surface area (Å²) in [5.74, 6) is 0.187. The molecule has 5 nitrogen and oxygen atoms in total. The minimum atomic E-state index is -0.178. The first-order valence-corrected chi connectivity index (χ1v) is 6.66. The quantitative estimate of drug-likeness (QED) is 0.750. The average Bonchev–Trinajstić information content (AvgIpc) is 2.82. The van der Waals surface area contributed by atoms with E-state index in [9.17, 15) is 4.79 Å². The standard InChI is InChI=1S/C13H22N4O/c1-3-13(4-6-14-7-5-13)12(18)15-8-11-9-16-17-10(11)2/h9,14H,3-8H2,1-2H3,(H,15,18)(H,16,17). The van der Waals surface area contributed by atoms with Crippen LogP contribution in [0.2, 0.25) is 0 Å². The highest BCUT2D eigenvalue weighted by atomic mass is 16.2. The van der Waals surface area contributed by atoms with Crippen molar-refractivity contribution in [2.45, 2.75) is 39.7 Å². The molecule has 2 rings (SSSR count). The summed E-state index contributed by atoms with van der Waals surface area (Å²) >= 11 is 0. The highest BCUT2D eigenvalue weighted by Gasteiger charge is 2.37. The first kappa shape index (κ1) is 13.1. The third-order valence-corrected chi connectivity index (χ3v) is 4.09. The fourth-order valence-corrected chi connectivity index (χ4v) is 2.56. The second-order valence-corrected chi connectivity index (χ2v) is 5.09. The topological polar surface area (TPSA) is 69.8 Å². The Kier molecular flexibility index (Phi) is 4.01. The van der Waals surface area contributed by atoms with Crippen molar-refractivity contribution in [2.24, 2.45) is 5.41 Å². The Hall–Kier alpha value is -1.36. The molecule has 2 heterocycles. The highest BCUT2D eigenvalue weighted by molar-refractivity contribution is 5.82. The molecule has 1 fully saturated rings. The lowest BCUT2D eigenvalue weighted by Crippen LogP contribution is -2.47. The lowest BCUT2D eigenvalue weighted by atomic mass is 9.76. The molecule has 0 radical (unpaired) electrons. The van der Waals surface area contributed by atoms with Crippen LogP contribution >= 0.6 is 0 Å². The van der Waals surface area contributed by atoms with Gasteiger partial charge in [-0.3, -0.25) is 9.89 Å². The van der Waals surface area contributed by atoms with Gasteiger partial charge in [0.05, 0.1) is 11.6 Å². The smallest absolute Gasteiger partial charge is 0.226 e. The molecule has 5 heteroatoms. The van der Waals surface area contributed by atoms with Crippen molar-refractivity contribution in [1.29, 1.82) is 0 Å². The number of hydrogen-bond donors (Lipinski definition) is 3. The lowest BCUT2D eigenvalue weighted by molar-refractivity contribution is -0.133. The van der Waals surface area contributed by atoms with Gasteiger partial charge in [0.15, 0.2) is 0 Å². The second-order valence-electron chi connectivity index (χ2n) is 5.09. The maximum atomic E-state index is 12.4. The summed E-state index contributed by atoms with van der Waals surface area (Å²) in [4.78, 5) is 12.4. The summed E-state index contributed by atoms with van der Waals surface area (Å²) in [6.07, 6.45) is 4.54. The molecule has 0 spiro atoms. The van der Waals surface area contributed by atoms with E-state index in [1.54, 1.807) is 6.20 Å². The van der Waals surface area contributed by atoms with Gasteiger partial charge in [-0.1, -0.05) is 6.92 Å². The molecular formula is C13H22N4O. The van der Waals surface area contributed by atoms with Crippen LogP contribution in [0.4, 0.5) is 0 Å². The van der Waals surface area contributed by atoms with Crippen LogP contribution in [0.15, 0.2) is 6.20 Å². The molecule has 0 saturated carbocycles. The van der Waals surface area contributed by atoms with E-state index < -0.39 is 0 Å². The number of H-pyrrole nitrogens is 1. The fourth-order valence-electron chi connectivity index (χ4n) is 2.56. The maximum Gasteiger partial charge on any atom is 0.226 e. The number of piperidine rings is 1. The summed E-state index contributed by atoms with van der Waals surface area (Å²) in [7, 11) is 0. The van der Waals surface area contributed by atoms with Crippen LogP contribution < -0.4 is 10.6 Å². The first-order chi connectivity index (χ1) is 8.68. The first-order valence-electron chi connectivity index (χ1n) is 6.66. The number of nitrogens with one attached hydrogen (secondary N) is 3. The Morgan fingerprint density at radius 3 is 2.78 bits per heavy atom. The average molecular weight is 250 g/mol. The summed E-state index contributed by atoms with van der Waals surface area (Å²) in [5, 5.41) is 13.2. The number of rotatable bonds is 4. The molecule has 18 heavy (non-hydrogen) atoms. The summed E-state index contributed by atoms with van der Waals surface area (Å²) in [6.45, 7) is 6.51. The zero-order valence-corrected chi connectivity index (χ0v) is 11.2. The van der Waals surface area contributed by atoms with E-state index in [0.717, 1.165) is 43.6 Å². The van der Waals surface area contributed by atoms with Crippen molar-refractivity contribution < 1.29 is 4.79 Å². The van der Waals surface area contributed by atoms with Crippen molar-refractivity contribution in [3.05, 3.63) is 17.5 Å². The van der Waals surface area contributed by atoms with Crippen molar-refractivity contribution in [3.8, 4) is 0 Å². The van der Waals surface area contributed by atoms with Gasteiger partial charge < -0.3 is 10.6 Å². The van der Waals surface area contributed by atoms with E-state index in [4.69, 9.17) is 0 Å². The zero-order chi connectivity index (χ0) is 13.0. The largest absolute Gasteiger partial charge is 0.351 e. The molecule has 1 aromatic rings. The van der Waals surface area contributed by atoms with E-state index in [0.29, 0.717) is 6.54 Å². The third-order valence-electron chi connectivity index (χ3n) is 4.09. The van der Waals surface area contributed by atoms with Gasteiger partial charge in [-0.15, -0.1) is 0 Å². The van der Waals surface area contributed by atoms with E-state index in [2.05, 4.69) is 27.8 Å². The molecule has 3 N–H and O–H groups in total. The molecule has 1 aliphatic rings. The Morgan fingerprint density at radius 1 is 1.50 bits per heavy atom. The lowest BCUT2D eigenvalue weighted by Gasteiger charge is -2.35. The molecule has 0 atom stereocenters. The van der Waals surface area contributed by atoms with Crippen molar-refractivity contribution in [2.75, 3.05) is 13.1 Å². The number of carbonyl (C=O) groups excluding carboxylic acids is 1. The Bertz CT molecular complexity index is 407. The number of aryl methyl sites for hydroxylation is 1. The van der Waals surface area contributed by atoms with Gasteiger partial charge in [-0.05, 0) is 39.3 Å². The molecule has 100 valence electrons. The molecule has 0 aliphatic carbocycles. The van der Waals surface area contributed by atoms with Crippen LogP contribution in [0.25, 0.3) is 0 Å². The van der Waals surface area contributed by atoms with Gasteiger partial charge in [-0.2, -0.15) is 5.10 Å². The van der Waals surface area contributed by atoms with Crippen LogP contribution in [-0.4, -0.2) is 29.2 Å². The second kappa shape index (κ2) is 5.52. The van der Waals surface area contributed by atoms with E-state index in [1.165, 1.54) is 0 Å². The molecule has 0 bridgehead atoms. The fraction of sp³-hybridized carbons (Fsp3) is 0.692. The van der Waals surface area contributed by atoms with Crippen LogP contribution in [0.1, 0.15) is 37.4 Å². The Balaban J connectivity index is 1.96. The third kappa shape index (κ3) is 2.56. The Morgan fingerprint density at radius 2 is 2.22 bits per heavy atom. The number of aromatic amines is 1. The predicted molar refractivity (Wildman–Crippen MR) is 70.0 cm³/mol. The van der Waals surface area contributed by atoms with Crippen LogP contribution in [0.5, 0.6) is 0 Å². The zero-order valence-electron chi connectivity index (χ0n) is 11.2. The van der Waals surface area contributed by atoms with Crippen molar-refractivity contribution in [1.82, 2.24) is 20.8 Å². The van der Waals surface area contributed by atoms with Crippen molar-refractivity contribution >= 4 is 5.91 Å². The molecule has 1 amide bonds. The van der Waals surface area contributed by atoms with Gasteiger partial charge >= 0.3 is 0 Å². The van der Waals surface area contributed by atoms with Crippen LogP contribution in [0.3, 0.4) is 0 Å². The molecular weight excluding hydrogens is 228 g/mol. The van der Waals surface area contributed by atoms with E-state index in [-0.39, 0.29) is 11.3 Å². The van der Waals surface area contributed by atoms with Gasteiger partial charge in [-0.25, -0.2) is 0 Å². The highest BCUT2D eigenvalue weighted by Crippen LogP contribution is 2.32. The van der Waals surface area contributed by atoms with Crippen LogP contribution in [-0.2, 0) is 11.3 Å². The summed E-state index contributed by atoms with van der Waals surface area (Å²) in [5.41, 5.74) is 1.90. The van der Waals surface area contributed by atoms with E-state index >= 15 is 0 Å². The number of hydrogen-bond acceptors (Lipinski definition) is 3. The normalized spacial score (nSPS) is 18.6. The number of carbonyl (C=O) groups is 1. The van der Waals surface area contributed by atoms with Gasteiger partial charge in [0.2, 0.25) is 5.91 Å². The predicted octanol–water partition coefficient (Wildman–Crippen LogP) is 1.11. The van der Waals surface area contributed by atoms with Crippen LogP contribution in [0, 0.1) is 12.3 Å². The van der Waals surface area contributed by atoms with Gasteiger partial charge in [0.1, 0.15) is 0 Å².